The fraction of sp³-hybridized carbons (Fsp3) is 0.136. The molecule has 5 N–H and O–H groups in total. The van der Waals surface area contributed by atoms with Gasteiger partial charge >= 0.3 is 0 Å². The van der Waals surface area contributed by atoms with Crippen LogP contribution in [0.3, 0.4) is 0 Å². The Balaban J connectivity index is 1.98. The van der Waals surface area contributed by atoms with Crippen LogP contribution >= 0.6 is 22.7 Å². The number of nitrogens with zero attached hydrogens (tertiary/aromatic N) is 1. The van der Waals surface area contributed by atoms with Gasteiger partial charge in [-0.2, -0.15) is 0 Å². The lowest BCUT2D eigenvalue weighted by atomic mass is 9.99. The van der Waals surface area contributed by atoms with Gasteiger partial charge in [0, 0.05) is 20.7 Å². The summed E-state index contributed by atoms with van der Waals surface area (Å²) in [7, 11) is 1.54. The number of anilines is 2. The van der Waals surface area contributed by atoms with Crippen molar-refractivity contribution in [1.29, 1.82) is 0 Å². The van der Waals surface area contributed by atoms with E-state index in [1.54, 1.807) is 26.2 Å². The first kappa shape index (κ1) is 20.8. The highest BCUT2D eigenvalue weighted by atomic mass is 32.1. The van der Waals surface area contributed by atoms with Gasteiger partial charge < -0.3 is 21.5 Å². The molecule has 0 atom stereocenters. The molecule has 31 heavy (non-hydrogen) atoms. The van der Waals surface area contributed by atoms with Crippen molar-refractivity contribution in [2.45, 2.75) is 13.8 Å². The predicted octanol–water partition coefficient (Wildman–Crippen LogP) is 4.58. The maximum Gasteiger partial charge on any atom is 0.260 e. The Morgan fingerprint density at radius 2 is 1.84 bits per heavy atom. The molecule has 0 saturated heterocycles. The van der Waals surface area contributed by atoms with E-state index in [9.17, 15) is 9.59 Å². The van der Waals surface area contributed by atoms with Crippen LogP contribution in [0.5, 0.6) is 5.75 Å². The van der Waals surface area contributed by atoms with Crippen molar-refractivity contribution in [2.24, 2.45) is 5.73 Å². The van der Waals surface area contributed by atoms with Crippen molar-refractivity contribution in [1.82, 2.24) is 4.98 Å². The smallest absolute Gasteiger partial charge is 0.260 e. The van der Waals surface area contributed by atoms with Crippen molar-refractivity contribution in [2.75, 3.05) is 18.2 Å². The summed E-state index contributed by atoms with van der Waals surface area (Å²) in [5.74, 6) is -0.419. The molecule has 0 aliphatic rings. The molecular formula is C22H20N4O3S2. The predicted molar refractivity (Wildman–Crippen MR) is 126 cm³/mol. The van der Waals surface area contributed by atoms with Gasteiger partial charge in [-0.3, -0.25) is 9.59 Å². The summed E-state index contributed by atoms with van der Waals surface area (Å²) in [6.07, 6.45) is 0. The van der Waals surface area contributed by atoms with E-state index in [0.717, 1.165) is 21.1 Å². The third-order valence-electron chi connectivity index (χ3n) is 4.85. The van der Waals surface area contributed by atoms with Crippen LogP contribution in [0, 0.1) is 13.8 Å². The molecule has 0 radical (unpaired) electrons. The third-order valence-corrected chi connectivity index (χ3v) is 6.98. The molecule has 0 bridgehead atoms. The molecule has 0 aliphatic heterocycles. The van der Waals surface area contributed by atoms with E-state index >= 15 is 0 Å². The Labute approximate surface area is 186 Å². The molecular weight excluding hydrogens is 432 g/mol. The van der Waals surface area contributed by atoms with Crippen LogP contribution in [-0.4, -0.2) is 23.9 Å². The molecule has 7 nitrogen and oxygen atoms in total. The van der Waals surface area contributed by atoms with Gasteiger partial charge in [0.25, 0.3) is 11.8 Å². The summed E-state index contributed by atoms with van der Waals surface area (Å²) < 4.78 is 5.35. The number of rotatable bonds is 5. The van der Waals surface area contributed by atoms with Crippen LogP contribution in [0.15, 0.2) is 36.4 Å². The summed E-state index contributed by atoms with van der Waals surface area (Å²) in [6.45, 7) is 3.75. The van der Waals surface area contributed by atoms with Gasteiger partial charge in [-0.1, -0.05) is 12.1 Å². The second-order valence-electron chi connectivity index (χ2n) is 6.90. The van der Waals surface area contributed by atoms with E-state index in [-0.39, 0.29) is 16.5 Å². The molecule has 0 fully saturated rings. The third kappa shape index (κ3) is 3.62. The lowest BCUT2D eigenvalue weighted by Gasteiger charge is -2.15. The largest absolute Gasteiger partial charge is 0.495 e. The maximum absolute atomic E-state index is 13.5. The molecule has 3 heterocycles. The van der Waals surface area contributed by atoms with Gasteiger partial charge in [-0.25, -0.2) is 4.98 Å². The highest BCUT2D eigenvalue weighted by molar-refractivity contribution is 7.21. The number of hydrogen-bond donors (Lipinski definition) is 3. The number of fused-ring (bicyclic) bond motifs is 1. The zero-order valence-corrected chi connectivity index (χ0v) is 18.7. The monoisotopic (exact) mass is 452 g/mol. The first-order valence-electron chi connectivity index (χ1n) is 9.35. The summed E-state index contributed by atoms with van der Waals surface area (Å²) in [5, 5.41) is 3.49. The molecule has 4 rings (SSSR count). The lowest BCUT2D eigenvalue weighted by Crippen LogP contribution is -2.16. The second kappa shape index (κ2) is 8.01. The van der Waals surface area contributed by atoms with Crippen molar-refractivity contribution < 1.29 is 14.3 Å². The van der Waals surface area contributed by atoms with E-state index in [0.29, 0.717) is 38.5 Å². The summed E-state index contributed by atoms with van der Waals surface area (Å²) in [4.78, 5) is 32.7. The van der Waals surface area contributed by atoms with Gasteiger partial charge in [0.05, 0.1) is 29.7 Å². The zero-order chi connectivity index (χ0) is 22.3. The number of aryl methyl sites for hydroxylation is 2. The maximum atomic E-state index is 13.5. The number of hydrogen-bond acceptors (Lipinski definition) is 7. The molecule has 0 aliphatic carbocycles. The van der Waals surface area contributed by atoms with Crippen LogP contribution in [0.2, 0.25) is 0 Å². The average molecular weight is 453 g/mol. The number of amides is 2. The van der Waals surface area contributed by atoms with E-state index in [4.69, 9.17) is 16.2 Å². The zero-order valence-electron chi connectivity index (χ0n) is 17.1. The van der Waals surface area contributed by atoms with Crippen LogP contribution in [0.1, 0.15) is 30.6 Å². The number of nitrogens with one attached hydrogen (secondary N) is 1. The summed E-state index contributed by atoms with van der Waals surface area (Å²) >= 11 is 2.67. The highest BCUT2D eigenvalue weighted by Gasteiger charge is 2.27. The van der Waals surface area contributed by atoms with Gasteiger partial charge in [-0.15, -0.1) is 22.7 Å². The van der Waals surface area contributed by atoms with Gasteiger partial charge in [0.2, 0.25) is 0 Å². The number of pyridine rings is 1. The molecule has 1 aromatic carbocycles. The minimum atomic E-state index is -0.619. The Kier molecular flexibility index (Phi) is 5.38. The van der Waals surface area contributed by atoms with Crippen molar-refractivity contribution in [3.8, 4) is 16.2 Å². The Bertz CT molecular complexity index is 1340. The Hall–Kier alpha value is -3.43. The Morgan fingerprint density at radius 3 is 2.48 bits per heavy atom. The number of primary amides is 1. The van der Waals surface area contributed by atoms with E-state index in [1.807, 2.05) is 31.2 Å². The van der Waals surface area contributed by atoms with Crippen LogP contribution in [0.25, 0.3) is 20.7 Å². The number of benzene rings is 1. The molecule has 3 aromatic heterocycles. The van der Waals surface area contributed by atoms with Crippen LogP contribution in [-0.2, 0) is 0 Å². The molecule has 0 saturated carbocycles. The molecule has 0 spiro atoms. The van der Waals surface area contributed by atoms with E-state index in [1.165, 1.54) is 11.3 Å². The van der Waals surface area contributed by atoms with E-state index in [2.05, 4.69) is 10.3 Å². The SMILES string of the molecule is COc1ccccc1NC(=O)c1c(C)nc2sc(C(N)=O)c(N)c2c1-c1ccc(C)s1. The normalized spacial score (nSPS) is 10.9. The first-order chi connectivity index (χ1) is 14.8. The lowest BCUT2D eigenvalue weighted by molar-refractivity contribution is 0.100. The highest BCUT2D eigenvalue weighted by Crippen LogP contribution is 2.44. The molecule has 4 aromatic rings. The molecule has 2 amide bonds. The number of carbonyl (C=O) groups is 2. The summed E-state index contributed by atoms with van der Waals surface area (Å²) in [6, 6.07) is 11.1. The van der Waals surface area contributed by atoms with Gasteiger partial charge in [-0.05, 0) is 38.1 Å². The minimum absolute atomic E-state index is 0.235. The number of nitrogen functional groups attached to an aromatic ring is 1. The summed E-state index contributed by atoms with van der Waals surface area (Å²) in [5.41, 5.74) is 14.2. The van der Waals surface area contributed by atoms with Gasteiger partial charge in [0.15, 0.2) is 0 Å². The number of carbonyl (C=O) groups excluding carboxylic acids is 2. The van der Waals surface area contributed by atoms with Crippen molar-refractivity contribution in [3.05, 3.63) is 57.4 Å². The fourth-order valence-electron chi connectivity index (χ4n) is 3.47. The number of ether oxygens (including phenoxy) is 1. The number of methoxy groups -OCH3 is 1. The number of para-hydroxylation sites is 2. The quantitative estimate of drug-likeness (QED) is 0.409. The van der Waals surface area contributed by atoms with Crippen molar-refractivity contribution in [3.63, 3.8) is 0 Å². The van der Waals surface area contributed by atoms with Crippen LogP contribution in [0.4, 0.5) is 11.4 Å². The van der Waals surface area contributed by atoms with Crippen LogP contribution < -0.4 is 21.5 Å². The standard InChI is InChI=1S/C22H20N4O3S2/c1-10-8-9-14(30-10)16-15(21(28)26-12-6-4-5-7-13(12)29-3)11(2)25-22-17(16)18(23)19(31-22)20(24)27/h4-9H,23H2,1-3H3,(H2,24,27)(H,26,28). The topological polar surface area (TPSA) is 120 Å². The Morgan fingerprint density at radius 1 is 1.10 bits per heavy atom. The fourth-order valence-corrected chi connectivity index (χ4v) is 5.40. The molecule has 9 heteroatoms. The molecule has 158 valence electrons. The number of thiophene rings is 2. The van der Waals surface area contributed by atoms with E-state index < -0.39 is 5.91 Å². The first-order valence-corrected chi connectivity index (χ1v) is 11.0. The number of aromatic nitrogens is 1. The average Bonchev–Trinajstić information content (AvgIpc) is 3.30. The molecule has 0 unspecified atom stereocenters. The number of nitrogens with two attached hydrogens (primary N) is 2. The second-order valence-corrected chi connectivity index (χ2v) is 9.19. The minimum Gasteiger partial charge on any atom is -0.495 e. The van der Waals surface area contributed by atoms with Gasteiger partial charge in [0.1, 0.15) is 15.5 Å². The van der Waals surface area contributed by atoms with Crippen molar-refractivity contribution >= 4 is 56.1 Å².